The van der Waals surface area contributed by atoms with Gasteiger partial charge in [0.15, 0.2) is 5.82 Å². The SMILES string of the molecule is CCc1nc(-c2ccc(OC(F)F)cc2)nc(NC)c1I. The Hall–Kier alpha value is -1.51. The van der Waals surface area contributed by atoms with Gasteiger partial charge in [-0.05, 0) is 53.3 Å². The number of hydrogen-bond donors (Lipinski definition) is 1. The topological polar surface area (TPSA) is 47.0 Å². The number of aryl methyl sites for hydroxylation is 1. The summed E-state index contributed by atoms with van der Waals surface area (Å²) in [6.45, 7) is -0.805. The van der Waals surface area contributed by atoms with Crippen molar-refractivity contribution >= 4 is 28.4 Å². The first-order valence-corrected chi connectivity index (χ1v) is 7.42. The van der Waals surface area contributed by atoms with Crippen molar-refractivity contribution in [2.75, 3.05) is 12.4 Å². The van der Waals surface area contributed by atoms with E-state index in [4.69, 9.17) is 0 Å². The Morgan fingerprint density at radius 2 is 1.90 bits per heavy atom. The first-order chi connectivity index (χ1) is 10.0. The molecule has 4 nitrogen and oxygen atoms in total. The fraction of sp³-hybridized carbons (Fsp3) is 0.286. The summed E-state index contributed by atoms with van der Waals surface area (Å²) in [4.78, 5) is 8.95. The van der Waals surface area contributed by atoms with Crippen LogP contribution >= 0.6 is 22.6 Å². The summed E-state index contributed by atoms with van der Waals surface area (Å²) >= 11 is 2.20. The van der Waals surface area contributed by atoms with E-state index >= 15 is 0 Å². The third kappa shape index (κ3) is 3.78. The second-order valence-corrected chi connectivity index (χ2v) is 5.24. The molecule has 0 atom stereocenters. The van der Waals surface area contributed by atoms with Gasteiger partial charge < -0.3 is 10.1 Å². The lowest BCUT2D eigenvalue weighted by Gasteiger charge is -2.10. The Morgan fingerprint density at radius 3 is 2.43 bits per heavy atom. The monoisotopic (exact) mass is 405 g/mol. The van der Waals surface area contributed by atoms with Gasteiger partial charge in [0.1, 0.15) is 11.6 Å². The Kier molecular flexibility index (Phi) is 5.27. The Labute approximate surface area is 135 Å². The molecule has 0 saturated heterocycles. The Bertz CT molecular complexity index is 595. The molecule has 0 bridgehead atoms. The van der Waals surface area contributed by atoms with Crippen LogP contribution < -0.4 is 10.1 Å². The fourth-order valence-electron chi connectivity index (χ4n) is 1.81. The predicted octanol–water partition coefficient (Wildman–Crippen LogP) is 3.95. The van der Waals surface area contributed by atoms with Crippen molar-refractivity contribution in [1.29, 1.82) is 0 Å². The van der Waals surface area contributed by atoms with E-state index in [0.29, 0.717) is 5.82 Å². The molecule has 0 aliphatic rings. The molecular formula is C14H14F2IN3O. The molecule has 2 rings (SSSR count). The molecule has 1 aromatic heterocycles. The fourth-order valence-corrected chi connectivity index (χ4v) is 2.70. The van der Waals surface area contributed by atoms with E-state index in [1.54, 1.807) is 19.2 Å². The van der Waals surface area contributed by atoms with Gasteiger partial charge in [-0.3, -0.25) is 0 Å². The van der Waals surface area contributed by atoms with Crippen LogP contribution in [0.5, 0.6) is 5.75 Å². The second kappa shape index (κ2) is 6.97. The number of anilines is 1. The standard InChI is InChI=1S/C14H14F2IN3O/c1-3-10-11(17)13(18-2)20-12(19-10)8-4-6-9(7-5-8)21-14(15)16/h4-7,14H,3H2,1-2H3,(H,18,19,20). The van der Waals surface area contributed by atoms with Gasteiger partial charge in [-0.2, -0.15) is 8.78 Å². The zero-order chi connectivity index (χ0) is 15.4. The molecule has 112 valence electrons. The van der Waals surface area contributed by atoms with Crippen molar-refractivity contribution in [1.82, 2.24) is 9.97 Å². The van der Waals surface area contributed by atoms with Crippen LogP contribution in [-0.2, 0) is 6.42 Å². The quantitative estimate of drug-likeness (QED) is 0.766. The molecule has 2 aromatic rings. The lowest BCUT2D eigenvalue weighted by atomic mass is 10.2. The summed E-state index contributed by atoms with van der Waals surface area (Å²) in [7, 11) is 1.80. The number of rotatable bonds is 5. The smallest absolute Gasteiger partial charge is 0.387 e. The highest BCUT2D eigenvalue weighted by atomic mass is 127. The lowest BCUT2D eigenvalue weighted by molar-refractivity contribution is -0.0498. The van der Waals surface area contributed by atoms with Gasteiger partial charge in [0.25, 0.3) is 0 Å². The van der Waals surface area contributed by atoms with Crippen LogP contribution in [0.2, 0.25) is 0 Å². The molecule has 0 spiro atoms. The average Bonchev–Trinajstić information content (AvgIpc) is 2.48. The highest BCUT2D eigenvalue weighted by Crippen LogP contribution is 2.25. The van der Waals surface area contributed by atoms with E-state index in [-0.39, 0.29) is 5.75 Å². The van der Waals surface area contributed by atoms with Crippen LogP contribution in [-0.4, -0.2) is 23.6 Å². The minimum absolute atomic E-state index is 0.115. The van der Waals surface area contributed by atoms with Gasteiger partial charge >= 0.3 is 6.61 Å². The molecule has 0 aliphatic carbocycles. The normalized spacial score (nSPS) is 10.8. The summed E-state index contributed by atoms with van der Waals surface area (Å²) in [5.41, 5.74) is 1.69. The third-order valence-electron chi connectivity index (χ3n) is 2.83. The van der Waals surface area contributed by atoms with Crippen molar-refractivity contribution in [3.8, 4) is 17.1 Å². The highest BCUT2D eigenvalue weighted by Gasteiger charge is 2.12. The number of hydrogen-bond acceptors (Lipinski definition) is 4. The molecule has 0 amide bonds. The summed E-state index contributed by atoms with van der Waals surface area (Å²) in [6, 6.07) is 6.29. The van der Waals surface area contributed by atoms with E-state index < -0.39 is 6.61 Å². The molecule has 21 heavy (non-hydrogen) atoms. The lowest BCUT2D eigenvalue weighted by Crippen LogP contribution is -2.05. The zero-order valence-electron chi connectivity index (χ0n) is 11.5. The van der Waals surface area contributed by atoms with Gasteiger partial charge in [0.2, 0.25) is 0 Å². The van der Waals surface area contributed by atoms with Crippen molar-refractivity contribution in [3.63, 3.8) is 0 Å². The maximum Gasteiger partial charge on any atom is 0.387 e. The summed E-state index contributed by atoms with van der Waals surface area (Å²) in [5.74, 6) is 1.43. The number of halogens is 3. The first kappa shape index (κ1) is 15.9. The second-order valence-electron chi connectivity index (χ2n) is 4.16. The number of nitrogens with one attached hydrogen (secondary N) is 1. The van der Waals surface area contributed by atoms with Gasteiger partial charge in [0.05, 0.1) is 9.26 Å². The Balaban J connectivity index is 2.37. The van der Waals surface area contributed by atoms with Crippen LogP contribution in [0, 0.1) is 3.57 Å². The van der Waals surface area contributed by atoms with E-state index in [1.165, 1.54) is 12.1 Å². The molecule has 0 radical (unpaired) electrons. The van der Waals surface area contributed by atoms with Gasteiger partial charge in [-0.25, -0.2) is 9.97 Å². The van der Waals surface area contributed by atoms with Crippen LogP contribution in [0.25, 0.3) is 11.4 Å². The maximum absolute atomic E-state index is 12.1. The van der Waals surface area contributed by atoms with E-state index in [9.17, 15) is 8.78 Å². The van der Waals surface area contributed by atoms with Crippen LogP contribution in [0.1, 0.15) is 12.6 Å². The minimum Gasteiger partial charge on any atom is -0.435 e. The van der Waals surface area contributed by atoms with Crippen molar-refractivity contribution < 1.29 is 13.5 Å². The molecule has 1 heterocycles. The molecule has 0 fully saturated rings. The van der Waals surface area contributed by atoms with Gasteiger partial charge in [-0.15, -0.1) is 0 Å². The molecule has 7 heteroatoms. The zero-order valence-corrected chi connectivity index (χ0v) is 13.7. The van der Waals surface area contributed by atoms with Crippen molar-refractivity contribution in [2.45, 2.75) is 20.0 Å². The largest absolute Gasteiger partial charge is 0.435 e. The van der Waals surface area contributed by atoms with E-state index in [2.05, 4.69) is 42.6 Å². The number of ether oxygens (including phenoxy) is 1. The Morgan fingerprint density at radius 1 is 1.24 bits per heavy atom. The van der Waals surface area contributed by atoms with Crippen LogP contribution in [0.4, 0.5) is 14.6 Å². The molecule has 0 unspecified atom stereocenters. The van der Waals surface area contributed by atoms with Crippen molar-refractivity contribution in [3.05, 3.63) is 33.5 Å². The average molecular weight is 405 g/mol. The first-order valence-electron chi connectivity index (χ1n) is 6.34. The summed E-state index contributed by atoms with van der Waals surface area (Å²) < 4.78 is 29.6. The molecule has 1 aromatic carbocycles. The minimum atomic E-state index is -2.83. The molecular weight excluding hydrogens is 391 g/mol. The summed E-state index contributed by atoms with van der Waals surface area (Å²) in [6.07, 6.45) is 0.787. The number of aromatic nitrogens is 2. The number of alkyl halides is 2. The van der Waals surface area contributed by atoms with Crippen LogP contribution in [0.15, 0.2) is 24.3 Å². The highest BCUT2D eigenvalue weighted by molar-refractivity contribution is 14.1. The number of benzene rings is 1. The third-order valence-corrected chi connectivity index (χ3v) is 3.96. The maximum atomic E-state index is 12.1. The van der Waals surface area contributed by atoms with E-state index in [0.717, 1.165) is 27.1 Å². The van der Waals surface area contributed by atoms with Gasteiger partial charge in [-0.1, -0.05) is 6.92 Å². The molecule has 0 saturated carbocycles. The number of nitrogens with zero attached hydrogens (tertiary/aromatic N) is 2. The van der Waals surface area contributed by atoms with Crippen LogP contribution in [0.3, 0.4) is 0 Å². The predicted molar refractivity (Wildman–Crippen MR) is 85.7 cm³/mol. The summed E-state index contributed by atoms with van der Waals surface area (Å²) in [5, 5.41) is 3.04. The van der Waals surface area contributed by atoms with Crippen molar-refractivity contribution in [2.24, 2.45) is 0 Å². The van der Waals surface area contributed by atoms with E-state index in [1.807, 2.05) is 6.92 Å². The molecule has 0 aliphatic heterocycles. The molecule has 1 N–H and O–H groups in total. The van der Waals surface area contributed by atoms with Gasteiger partial charge in [0, 0.05) is 12.6 Å².